The minimum atomic E-state index is -0.0541. The van der Waals surface area contributed by atoms with E-state index in [2.05, 4.69) is 10.6 Å². The molecule has 5 heteroatoms. The molecule has 0 heterocycles. The number of nitrogens with one attached hydrogen (secondary N) is 2. The highest BCUT2D eigenvalue weighted by Crippen LogP contribution is 2.20. The van der Waals surface area contributed by atoms with E-state index >= 15 is 0 Å². The van der Waals surface area contributed by atoms with Crippen LogP contribution in [-0.2, 0) is 4.79 Å². The molecule has 1 aromatic rings. The van der Waals surface area contributed by atoms with E-state index in [9.17, 15) is 4.79 Å². The van der Waals surface area contributed by atoms with Crippen LogP contribution in [0.2, 0.25) is 5.02 Å². The lowest BCUT2D eigenvalue weighted by Crippen LogP contribution is -2.34. The summed E-state index contributed by atoms with van der Waals surface area (Å²) in [5, 5.41) is 15.6. The minimum absolute atomic E-state index is 0.0541. The van der Waals surface area contributed by atoms with Gasteiger partial charge < -0.3 is 15.7 Å². The van der Waals surface area contributed by atoms with Gasteiger partial charge in [0, 0.05) is 36.3 Å². The summed E-state index contributed by atoms with van der Waals surface area (Å²) in [6.07, 6.45) is 0.379. The fourth-order valence-corrected chi connectivity index (χ4v) is 1.88. The Labute approximate surface area is 125 Å². The van der Waals surface area contributed by atoms with Gasteiger partial charge in [0.15, 0.2) is 0 Å². The number of rotatable bonds is 7. The Hall–Kier alpha value is -1.10. The van der Waals surface area contributed by atoms with Crippen molar-refractivity contribution in [1.29, 1.82) is 0 Å². The van der Waals surface area contributed by atoms with E-state index < -0.39 is 0 Å². The number of carbonyl (C=O) groups is 1. The van der Waals surface area contributed by atoms with Crippen molar-refractivity contribution in [3.8, 4) is 0 Å². The fraction of sp³-hybridized carbons (Fsp3) is 0.533. The highest BCUT2D eigenvalue weighted by Gasteiger charge is 2.10. The molecular formula is C15H23ClN2O2. The molecule has 0 saturated carbocycles. The molecular weight excluding hydrogens is 276 g/mol. The van der Waals surface area contributed by atoms with Gasteiger partial charge in [-0.15, -0.1) is 0 Å². The third-order valence-electron chi connectivity index (χ3n) is 3.07. The highest BCUT2D eigenvalue weighted by molar-refractivity contribution is 6.31. The Morgan fingerprint density at radius 1 is 1.40 bits per heavy atom. The van der Waals surface area contributed by atoms with E-state index in [1.54, 1.807) is 6.07 Å². The van der Waals surface area contributed by atoms with E-state index in [0.29, 0.717) is 23.7 Å². The Morgan fingerprint density at radius 3 is 2.70 bits per heavy atom. The number of halogens is 1. The Morgan fingerprint density at radius 2 is 2.10 bits per heavy atom. The molecule has 3 N–H and O–H groups in total. The summed E-state index contributed by atoms with van der Waals surface area (Å²) >= 11 is 6.02. The Balaban J connectivity index is 2.40. The van der Waals surface area contributed by atoms with Gasteiger partial charge in [0.05, 0.1) is 0 Å². The first-order valence-electron chi connectivity index (χ1n) is 6.82. The lowest BCUT2D eigenvalue weighted by molar-refractivity contribution is -0.116. The Kier molecular flexibility index (Phi) is 6.99. The number of aliphatic hydroxyl groups excluding tert-OH is 1. The van der Waals surface area contributed by atoms with Crippen molar-refractivity contribution in [2.45, 2.75) is 33.2 Å². The van der Waals surface area contributed by atoms with Crippen molar-refractivity contribution in [1.82, 2.24) is 5.32 Å². The molecule has 0 saturated heterocycles. The zero-order valence-corrected chi connectivity index (χ0v) is 13.0. The van der Waals surface area contributed by atoms with Crippen molar-refractivity contribution in [3.05, 3.63) is 28.8 Å². The van der Waals surface area contributed by atoms with Crippen LogP contribution in [0, 0.1) is 12.8 Å². The number of aliphatic hydroxyl groups is 1. The molecule has 1 rings (SSSR count). The zero-order chi connectivity index (χ0) is 15.1. The second-order valence-electron chi connectivity index (χ2n) is 5.31. The monoisotopic (exact) mass is 298 g/mol. The number of hydrogen-bond acceptors (Lipinski definition) is 3. The lowest BCUT2D eigenvalue weighted by atomic mass is 10.1. The number of benzene rings is 1. The van der Waals surface area contributed by atoms with Gasteiger partial charge in [0.1, 0.15) is 0 Å². The minimum Gasteiger partial charge on any atom is -0.396 e. The van der Waals surface area contributed by atoms with Crippen LogP contribution in [0.5, 0.6) is 0 Å². The maximum Gasteiger partial charge on any atom is 0.225 e. The summed E-state index contributed by atoms with van der Waals surface area (Å²) in [6.45, 7) is 6.66. The summed E-state index contributed by atoms with van der Waals surface area (Å²) in [5.74, 6) is 0.137. The van der Waals surface area contributed by atoms with Gasteiger partial charge in [-0.05, 0) is 37.5 Å². The third-order valence-corrected chi connectivity index (χ3v) is 3.48. The van der Waals surface area contributed by atoms with Crippen LogP contribution in [0.4, 0.5) is 5.69 Å². The number of carbonyl (C=O) groups excluding carboxylic acids is 1. The van der Waals surface area contributed by atoms with Gasteiger partial charge >= 0.3 is 0 Å². The second kappa shape index (κ2) is 8.25. The molecule has 0 bridgehead atoms. The van der Waals surface area contributed by atoms with Gasteiger partial charge in [-0.3, -0.25) is 4.79 Å². The number of hydrogen-bond donors (Lipinski definition) is 3. The Bertz CT molecular complexity index is 451. The van der Waals surface area contributed by atoms with Crippen LogP contribution in [0.1, 0.15) is 25.8 Å². The van der Waals surface area contributed by atoms with E-state index in [-0.39, 0.29) is 24.5 Å². The molecule has 0 radical (unpaired) electrons. The smallest absolute Gasteiger partial charge is 0.225 e. The molecule has 0 aromatic heterocycles. The zero-order valence-electron chi connectivity index (χ0n) is 12.2. The molecule has 0 aliphatic carbocycles. The predicted molar refractivity (Wildman–Crippen MR) is 83.2 cm³/mol. The van der Waals surface area contributed by atoms with Gasteiger partial charge in [0.2, 0.25) is 5.91 Å². The van der Waals surface area contributed by atoms with Gasteiger partial charge in [-0.2, -0.15) is 0 Å². The molecule has 0 fully saturated rings. The maximum atomic E-state index is 11.9. The predicted octanol–water partition coefficient (Wildman–Crippen LogP) is 2.58. The van der Waals surface area contributed by atoms with Gasteiger partial charge in [-0.25, -0.2) is 0 Å². The van der Waals surface area contributed by atoms with Crippen LogP contribution >= 0.6 is 11.6 Å². The van der Waals surface area contributed by atoms with Crippen molar-refractivity contribution in [2.24, 2.45) is 5.92 Å². The van der Waals surface area contributed by atoms with E-state index in [1.165, 1.54) is 0 Å². The molecule has 4 nitrogen and oxygen atoms in total. The third kappa shape index (κ3) is 5.90. The molecule has 2 unspecified atom stereocenters. The highest BCUT2D eigenvalue weighted by atomic mass is 35.5. The summed E-state index contributed by atoms with van der Waals surface area (Å²) in [4.78, 5) is 11.9. The summed E-state index contributed by atoms with van der Waals surface area (Å²) in [7, 11) is 0. The van der Waals surface area contributed by atoms with Gasteiger partial charge in [0.25, 0.3) is 0 Å². The van der Waals surface area contributed by atoms with Crippen molar-refractivity contribution >= 4 is 23.2 Å². The largest absolute Gasteiger partial charge is 0.396 e. The fourth-order valence-electron chi connectivity index (χ4n) is 1.70. The quantitative estimate of drug-likeness (QED) is 0.725. The van der Waals surface area contributed by atoms with Crippen LogP contribution < -0.4 is 10.6 Å². The van der Waals surface area contributed by atoms with Crippen LogP contribution in [0.3, 0.4) is 0 Å². The average molecular weight is 299 g/mol. The second-order valence-corrected chi connectivity index (χ2v) is 5.72. The topological polar surface area (TPSA) is 61.4 Å². The summed E-state index contributed by atoms with van der Waals surface area (Å²) in [6, 6.07) is 5.53. The van der Waals surface area contributed by atoms with Gasteiger partial charge in [-0.1, -0.05) is 24.6 Å². The number of aryl methyl sites for hydroxylation is 1. The van der Waals surface area contributed by atoms with Crippen LogP contribution in [0.25, 0.3) is 0 Å². The molecule has 112 valence electrons. The summed E-state index contributed by atoms with van der Waals surface area (Å²) in [5.41, 5.74) is 1.69. The molecule has 0 aliphatic heterocycles. The first-order valence-corrected chi connectivity index (χ1v) is 7.20. The standard InChI is InChI=1S/C15H23ClN2O2/c1-10(9-19)8-17-12(3)6-15(20)18-13-5-4-11(2)14(16)7-13/h4-5,7,10,12,17,19H,6,8-9H2,1-3H3,(H,18,20). The first kappa shape index (κ1) is 17.0. The maximum absolute atomic E-state index is 11.9. The summed E-state index contributed by atoms with van der Waals surface area (Å²) < 4.78 is 0. The van der Waals surface area contributed by atoms with Crippen molar-refractivity contribution in [3.63, 3.8) is 0 Å². The van der Waals surface area contributed by atoms with Crippen LogP contribution in [-0.4, -0.2) is 30.2 Å². The van der Waals surface area contributed by atoms with Crippen molar-refractivity contribution in [2.75, 3.05) is 18.5 Å². The number of amides is 1. The SMILES string of the molecule is Cc1ccc(NC(=O)CC(C)NCC(C)CO)cc1Cl. The van der Waals surface area contributed by atoms with Crippen LogP contribution in [0.15, 0.2) is 18.2 Å². The molecule has 0 aliphatic rings. The molecule has 2 atom stereocenters. The van der Waals surface area contributed by atoms with E-state index in [0.717, 1.165) is 5.56 Å². The molecule has 1 aromatic carbocycles. The number of anilines is 1. The lowest BCUT2D eigenvalue weighted by Gasteiger charge is -2.16. The average Bonchev–Trinajstić information content (AvgIpc) is 2.40. The van der Waals surface area contributed by atoms with E-state index in [1.807, 2.05) is 32.9 Å². The van der Waals surface area contributed by atoms with Crippen molar-refractivity contribution < 1.29 is 9.90 Å². The molecule has 0 spiro atoms. The molecule has 1 amide bonds. The normalized spacial score (nSPS) is 13.8. The molecule has 20 heavy (non-hydrogen) atoms. The first-order chi connectivity index (χ1) is 9.42. The van der Waals surface area contributed by atoms with E-state index in [4.69, 9.17) is 16.7 Å².